The monoisotopic (exact) mass is 306 g/mol. The Kier molecular flexibility index (Phi) is 7.49. The van der Waals surface area contributed by atoms with Crippen molar-refractivity contribution in [1.82, 2.24) is 0 Å². The number of thioether (sulfide) groups is 1. The van der Waals surface area contributed by atoms with Gasteiger partial charge in [0, 0.05) is 10.6 Å². The summed E-state index contributed by atoms with van der Waals surface area (Å²) in [7, 11) is -3.41. The van der Waals surface area contributed by atoms with Crippen molar-refractivity contribution >= 4 is 19.6 Å². The zero-order chi connectivity index (χ0) is 14.1. The number of phosphoric ester groups is 1. The Labute approximate surface area is 117 Å². The first-order chi connectivity index (χ1) is 9.09. The number of phenols is 1. The van der Waals surface area contributed by atoms with E-state index in [1.54, 1.807) is 32.0 Å². The second-order valence-electron chi connectivity index (χ2n) is 3.46. The van der Waals surface area contributed by atoms with Crippen LogP contribution in [-0.2, 0) is 18.1 Å². The van der Waals surface area contributed by atoms with E-state index in [0.717, 1.165) is 4.90 Å². The summed E-state index contributed by atoms with van der Waals surface area (Å²) in [6, 6.07) is 6.92. The molecule has 1 aromatic carbocycles. The maximum atomic E-state index is 12.0. The summed E-state index contributed by atoms with van der Waals surface area (Å²) in [6.45, 7) is 4.26. The topological polar surface area (TPSA) is 65.0 Å². The van der Waals surface area contributed by atoms with Crippen LogP contribution < -0.4 is 0 Å². The first-order valence-corrected chi connectivity index (χ1v) is 8.49. The van der Waals surface area contributed by atoms with E-state index in [2.05, 4.69) is 0 Å². The Morgan fingerprint density at radius 3 is 2.47 bits per heavy atom. The average Bonchev–Trinajstić information content (AvgIpc) is 2.35. The number of benzene rings is 1. The standard InChI is InChI=1S/C12H19O5PS/c1-3-15-18(14,16-4-2)17-8-9-19-12-7-5-6-11(13)10-12/h5-7,10,13H,3-4,8-9H2,1-2H3. The lowest BCUT2D eigenvalue weighted by Gasteiger charge is -2.16. The Morgan fingerprint density at radius 1 is 1.21 bits per heavy atom. The van der Waals surface area contributed by atoms with Gasteiger partial charge in [-0.2, -0.15) is 0 Å². The Hall–Kier alpha value is -0.520. The Morgan fingerprint density at radius 2 is 1.89 bits per heavy atom. The predicted molar refractivity (Wildman–Crippen MR) is 75.6 cm³/mol. The molecule has 7 heteroatoms. The molecule has 1 aromatic rings. The highest BCUT2D eigenvalue weighted by Crippen LogP contribution is 2.49. The van der Waals surface area contributed by atoms with Crippen molar-refractivity contribution in [2.75, 3.05) is 25.6 Å². The van der Waals surface area contributed by atoms with Crippen LogP contribution in [0.2, 0.25) is 0 Å². The minimum atomic E-state index is -3.41. The van der Waals surface area contributed by atoms with Crippen LogP contribution in [0, 0.1) is 0 Å². The highest BCUT2D eigenvalue weighted by Gasteiger charge is 2.24. The average molecular weight is 306 g/mol. The fraction of sp³-hybridized carbons (Fsp3) is 0.500. The second kappa shape index (κ2) is 8.61. The number of aromatic hydroxyl groups is 1. The van der Waals surface area contributed by atoms with Crippen molar-refractivity contribution in [2.24, 2.45) is 0 Å². The lowest BCUT2D eigenvalue weighted by Crippen LogP contribution is -2.02. The summed E-state index contributed by atoms with van der Waals surface area (Å²) in [5, 5.41) is 9.31. The van der Waals surface area contributed by atoms with Gasteiger partial charge >= 0.3 is 7.82 Å². The highest BCUT2D eigenvalue weighted by atomic mass is 32.2. The van der Waals surface area contributed by atoms with Gasteiger partial charge in [-0.1, -0.05) is 6.07 Å². The Bertz CT molecular complexity index is 416. The van der Waals surface area contributed by atoms with Crippen molar-refractivity contribution in [2.45, 2.75) is 18.7 Å². The van der Waals surface area contributed by atoms with E-state index in [-0.39, 0.29) is 25.6 Å². The molecule has 108 valence electrons. The molecule has 5 nitrogen and oxygen atoms in total. The molecule has 0 radical (unpaired) electrons. The van der Waals surface area contributed by atoms with E-state index in [1.807, 2.05) is 6.07 Å². The van der Waals surface area contributed by atoms with Crippen molar-refractivity contribution in [1.29, 1.82) is 0 Å². The van der Waals surface area contributed by atoms with E-state index in [1.165, 1.54) is 11.8 Å². The molecule has 0 spiro atoms. The minimum Gasteiger partial charge on any atom is -0.508 e. The van der Waals surface area contributed by atoms with Gasteiger partial charge in [-0.05, 0) is 32.0 Å². The largest absolute Gasteiger partial charge is 0.508 e. The normalized spacial score (nSPS) is 11.7. The first kappa shape index (κ1) is 16.5. The van der Waals surface area contributed by atoms with Crippen LogP contribution in [0.25, 0.3) is 0 Å². The molecule has 0 aliphatic rings. The third kappa shape index (κ3) is 6.45. The van der Waals surface area contributed by atoms with Crippen LogP contribution in [0.15, 0.2) is 29.2 Å². The molecular weight excluding hydrogens is 287 g/mol. The molecule has 0 unspecified atom stereocenters. The van der Waals surface area contributed by atoms with Gasteiger partial charge in [0.25, 0.3) is 0 Å². The molecule has 0 heterocycles. The van der Waals surface area contributed by atoms with Gasteiger partial charge in [0.1, 0.15) is 5.75 Å². The van der Waals surface area contributed by atoms with Gasteiger partial charge in [0.2, 0.25) is 0 Å². The Balaban J connectivity index is 2.34. The van der Waals surface area contributed by atoms with Crippen LogP contribution in [-0.4, -0.2) is 30.7 Å². The highest BCUT2D eigenvalue weighted by molar-refractivity contribution is 7.99. The van der Waals surface area contributed by atoms with E-state index < -0.39 is 7.82 Å². The lowest BCUT2D eigenvalue weighted by molar-refractivity contribution is 0.127. The molecule has 0 bridgehead atoms. The summed E-state index contributed by atoms with van der Waals surface area (Å²) >= 11 is 1.49. The number of rotatable bonds is 9. The first-order valence-electron chi connectivity index (χ1n) is 6.05. The van der Waals surface area contributed by atoms with Crippen LogP contribution in [0.5, 0.6) is 5.75 Å². The van der Waals surface area contributed by atoms with Gasteiger partial charge < -0.3 is 5.11 Å². The van der Waals surface area contributed by atoms with E-state index in [0.29, 0.717) is 5.75 Å². The SMILES string of the molecule is CCOP(=O)(OCC)OCCSc1cccc(O)c1. The summed E-state index contributed by atoms with van der Waals surface area (Å²) in [6.07, 6.45) is 0. The summed E-state index contributed by atoms with van der Waals surface area (Å²) in [5.41, 5.74) is 0. The van der Waals surface area contributed by atoms with Crippen molar-refractivity contribution in [3.05, 3.63) is 24.3 Å². The second-order valence-corrected chi connectivity index (χ2v) is 6.30. The molecule has 0 saturated carbocycles. The zero-order valence-corrected chi connectivity index (χ0v) is 12.8. The third-order valence-electron chi connectivity index (χ3n) is 1.99. The number of hydrogen-bond donors (Lipinski definition) is 1. The van der Waals surface area contributed by atoms with E-state index >= 15 is 0 Å². The molecule has 0 saturated heterocycles. The van der Waals surface area contributed by atoms with Gasteiger partial charge in [0.15, 0.2) is 0 Å². The van der Waals surface area contributed by atoms with Gasteiger partial charge in [-0.15, -0.1) is 11.8 Å². The van der Waals surface area contributed by atoms with Crippen LogP contribution in [0.3, 0.4) is 0 Å². The maximum Gasteiger partial charge on any atom is 0.474 e. The van der Waals surface area contributed by atoms with Gasteiger partial charge in [-0.25, -0.2) is 4.57 Å². The molecular formula is C12H19O5PS. The number of hydrogen-bond acceptors (Lipinski definition) is 6. The van der Waals surface area contributed by atoms with E-state index in [9.17, 15) is 9.67 Å². The summed E-state index contributed by atoms with van der Waals surface area (Å²) in [5.74, 6) is 0.813. The molecule has 0 aromatic heterocycles. The molecule has 0 fully saturated rings. The molecule has 1 rings (SSSR count). The van der Waals surface area contributed by atoms with Crippen molar-refractivity contribution < 1.29 is 23.2 Å². The number of phenolic OH excluding ortho intramolecular Hbond substituents is 1. The summed E-state index contributed by atoms with van der Waals surface area (Å²) in [4.78, 5) is 0.922. The molecule has 0 amide bonds. The van der Waals surface area contributed by atoms with Crippen LogP contribution in [0.4, 0.5) is 0 Å². The lowest BCUT2D eigenvalue weighted by atomic mass is 10.3. The minimum absolute atomic E-state index is 0.222. The van der Waals surface area contributed by atoms with Gasteiger partial charge in [-0.3, -0.25) is 13.6 Å². The van der Waals surface area contributed by atoms with Crippen LogP contribution >= 0.6 is 19.6 Å². The fourth-order valence-corrected chi connectivity index (χ4v) is 3.39. The third-order valence-corrected chi connectivity index (χ3v) is 4.60. The quantitative estimate of drug-likeness (QED) is 0.426. The van der Waals surface area contributed by atoms with Crippen molar-refractivity contribution in [3.8, 4) is 5.75 Å². The predicted octanol–water partition coefficient (Wildman–Crippen LogP) is 3.68. The summed E-state index contributed by atoms with van der Waals surface area (Å²) < 4.78 is 27.2. The maximum absolute atomic E-state index is 12.0. The number of phosphoric acid groups is 1. The molecule has 1 N–H and O–H groups in total. The van der Waals surface area contributed by atoms with E-state index in [4.69, 9.17) is 13.6 Å². The van der Waals surface area contributed by atoms with Crippen LogP contribution in [0.1, 0.15) is 13.8 Å². The molecule has 0 aliphatic heterocycles. The smallest absolute Gasteiger partial charge is 0.474 e. The van der Waals surface area contributed by atoms with Crippen molar-refractivity contribution in [3.63, 3.8) is 0 Å². The molecule has 0 atom stereocenters. The fourth-order valence-electron chi connectivity index (χ4n) is 1.31. The zero-order valence-electron chi connectivity index (χ0n) is 11.1. The molecule has 0 aliphatic carbocycles. The molecule has 19 heavy (non-hydrogen) atoms. The van der Waals surface area contributed by atoms with Gasteiger partial charge in [0.05, 0.1) is 19.8 Å².